The Morgan fingerprint density at radius 2 is 1.76 bits per heavy atom. The maximum absolute atomic E-state index is 13.3. The van der Waals surface area contributed by atoms with Crippen LogP contribution in [0.1, 0.15) is 32.3 Å². The summed E-state index contributed by atoms with van der Waals surface area (Å²) in [5.41, 5.74) is 3.35. The highest BCUT2D eigenvalue weighted by Crippen LogP contribution is 2.24. The van der Waals surface area contributed by atoms with Crippen LogP contribution < -0.4 is 0 Å². The van der Waals surface area contributed by atoms with Crippen LogP contribution in [-0.4, -0.2) is 71.2 Å². The molecule has 33 heavy (non-hydrogen) atoms. The molecule has 0 bridgehead atoms. The summed E-state index contributed by atoms with van der Waals surface area (Å²) < 4.78 is 0. The van der Waals surface area contributed by atoms with Crippen LogP contribution in [0.2, 0.25) is 0 Å². The molecule has 0 aliphatic carbocycles. The van der Waals surface area contributed by atoms with Crippen molar-refractivity contribution in [3.8, 4) is 11.1 Å². The lowest BCUT2D eigenvalue weighted by molar-refractivity contribution is -0.143. The minimum absolute atomic E-state index is 0.0474. The number of likely N-dealkylation sites (tertiary alicyclic amines) is 1. The van der Waals surface area contributed by atoms with Crippen LogP contribution in [0.25, 0.3) is 11.1 Å². The molecule has 2 aromatic rings. The predicted molar refractivity (Wildman–Crippen MR) is 128 cm³/mol. The highest BCUT2D eigenvalue weighted by Gasteiger charge is 2.36. The Morgan fingerprint density at radius 1 is 1.00 bits per heavy atom. The molecule has 2 heterocycles. The van der Waals surface area contributed by atoms with E-state index in [0.29, 0.717) is 45.6 Å². The molecule has 6 heteroatoms. The molecule has 0 radical (unpaired) electrons. The fourth-order valence-electron chi connectivity index (χ4n) is 4.98. The van der Waals surface area contributed by atoms with Crippen molar-refractivity contribution in [2.75, 3.05) is 32.7 Å². The van der Waals surface area contributed by atoms with E-state index >= 15 is 0 Å². The van der Waals surface area contributed by atoms with Gasteiger partial charge in [0, 0.05) is 39.1 Å². The van der Waals surface area contributed by atoms with E-state index < -0.39 is 6.04 Å². The molecule has 2 fully saturated rings. The van der Waals surface area contributed by atoms with E-state index in [1.165, 1.54) is 0 Å². The molecule has 0 spiro atoms. The van der Waals surface area contributed by atoms with Crippen molar-refractivity contribution in [2.45, 2.75) is 39.2 Å². The van der Waals surface area contributed by atoms with E-state index in [0.717, 1.165) is 23.1 Å². The van der Waals surface area contributed by atoms with Crippen molar-refractivity contribution < 1.29 is 14.4 Å². The van der Waals surface area contributed by atoms with Crippen LogP contribution >= 0.6 is 0 Å². The van der Waals surface area contributed by atoms with Gasteiger partial charge in [-0.05, 0) is 43.4 Å². The molecule has 2 aromatic carbocycles. The molecule has 174 valence electrons. The second kappa shape index (κ2) is 10.2. The summed E-state index contributed by atoms with van der Waals surface area (Å²) in [5, 5.41) is 0. The van der Waals surface area contributed by atoms with E-state index in [2.05, 4.69) is 30.3 Å². The highest BCUT2D eigenvalue weighted by atomic mass is 16.2. The number of likely N-dealkylation sites (N-methyl/N-ethyl adjacent to an activating group) is 1. The largest absolute Gasteiger partial charge is 0.341 e. The lowest BCUT2D eigenvalue weighted by atomic mass is 9.94. The van der Waals surface area contributed by atoms with Crippen molar-refractivity contribution in [2.24, 2.45) is 5.92 Å². The first-order valence-corrected chi connectivity index (χ1v) is 12.0. The van der Waals surface area contributed by atoms with Crippen molar-refractivity contribution in [3.63, 3.8) is 0 Å². The van der Waals surface area contributed by atoms with Crippen molar-refractivity contribution >= 4 is 17.7 Å². The van der Waals surface area contributed by atoms with E-state index in [9.17, 15) is 14.4 Å². The first kappa shape index (κ1) is 23.0. The van der Waals surface area contributed by atoms with Crippen LogP contribution in [0.4, 0.5) is 0 Å². The standard InChI is InChI=1S/C27H33N3O3/c1-3-28-15-16-29(26(32)20(2)30-14-8-13-25(30)31)19-24(27(28)33)18-21-9-7-12-23(17-21)22-10-5-4-6-11-22/h4-7,9-12,17,20,24H,3,8,13-16,18-19H2,1-2H3/t20-,24+/m1/s1. The summed E-state index contributed by atoms with van der Waals surface area (Å²) in [6.45, 7) is 6.48. The smallest absolute Gasteiger partial charge is 0.245 e. The molecule has 2 atom stereocenters. The highest BCUT2D eigenvalue weighted by molar-refractivity contribution is 5.89. The Hall–Kier alpha value is -3.15. The first-order valence-electron chi connectivity index (χ1n) is 12.0. The van der Waals surface area contributed by atoms with Crippen LogP contribution in [0.5, 0.6) is 0 Å². The average molecular weight is 448 g/mol. The maximum atomic E-state index is 13.3. The zero-order chi connectivity index (χ0) is 23.4. The molecule has 0 unspecified atom stereocenters. The lowest BCUT2D eigenvalue weighted by Crippen LogP contribution is -2.49. The Morgan fingerprint density at radius 3 is 2.45 bits per heavy atom. The second-order valence-corrected chi connectivity index (χ2v) is 9.04. The number of nitrogens with zero attached hydrogens (tertiary/aromatic N) is 3. The van der Waals surface area contributed by atoms with Crippen molar-refractivity contribution in [1.82, 2.24) is 14.7 Å². The van der Waals surface area contributed by atoms with Gasteiger partial charge in [0.15, 0.2) is 0 Å². The summed E-state index contributed by atoms with van der Waals surface area (Å²) in [4.78, 5) is 44.1. The quantitative estimate of drug-likeness (QED) is 0.683. The van der Waals surface area contributed by atoms with Crippen LogP contribution in [-0.2, 0) is 20.8 Å². The average Bonchev–Trinajstić information content (AvgIpc) is 3.21. The minimum Gasteiger partial charge on any atom is -0.341 e. The van der Waals surface area contributed by atoms with Gasteiger partial charge < -0.3 is 14.7 Å². The van der Waals surface area contributed by atoms with Gasteiger partial charge in [0.1, 0.15) is 6.04 Å². The van der Waals surface area contributed by atoms with Gasteiger partial charge in [0.05, 0.1) is 5.92 Å². The third-order valence-corrected chi connectivity index (χ3v) is 6.89. The SMILES string of the molecule is CCN1CCN(C(=O)[C@@H](C)N2CCCC2=O)C[C@H](Cc2cccc(-c3ccccc3)c2)C1=O. The van der Waals surface area contributed by atoms with Gasteiger partial charge in [-0.3, -0.25) is 14.4 Å². The zero-order valence-corrected chi connectivity index (χ0v) is 19.6. The molecule has 6 nitrogen and oxygen atoms in total. The Kier molecular flexibility index (Phi) is 7.11. The second-order valence-electron chi connectivity index (χ2n) is 9.04. The maximum Gasteiger partial charge on any atom is 0.245 e. The normalized spacial score (nSPS) is 20.2. The van der Waals surface area contributed by atoms with E-state index in [4.69, 9.17) is 0 Å². The minimum atomic E-state index is -0.481. The third-order valence-electron chi connectivity index (χ3n) is 6.89. The van der Waals surface area contributed by atoms with Crippen LogP contribution in [0.3, 0.4) is 0 Å². The summed E-state index contributed by atoms with van der Waals surface area (Å²) in [6.07, 6.45) is 1.90. The zero-order valence-electron chi connectivity index (χ0n) is 19.6. The molecule has 3 amide bonds. The lowest BCUT2D eigenvalue weighted by Gasteiger charge is -2.30. The number of carbonyl (C=O) groups excluding carboxylic acids is 3. The molecule has 2 aliphatic heterocycles. The van der Waals surface area contributed by atoms with E-state index in [-0.39, 0.29) is 23.6 Å². The number of benzene rings is 2. The molecule has 0 aromatic heterocycles. The summed E-state index contributed by atoms with van der Waals surface area (Å²) in [7, 11) is 0. The molecular formula is C27H33N3O3. The molecular weight excluding hydrogens is 414 g/mol. The summed E-state index contributed by atoms with van der Waals surface area (Å²) in [5.74, 6) is -0.211. The van der Waals surface area contributed by atoms with Crippen molar-refractivity contribution in [1.29, 1.82) is 0 Å². The van der Waals surface area contributed by atoms with Crippen molar-refractivity contribution in [3.05, 3.63) is 60.2 Å². The van der Waals surface area contributed by atoms with Gasteiger partial charge in [-0.2, -0.15) is 0 Å². The number of amides is 3. The summed E-state index contributed by atoms with van der Waals surface area (Å²) in [6, 6.07) is 18.0. The third kappa shape index (κ3) is 5.10. The van der Waals surface area contributed by atoms with Crippen LogP contribution in [0, 0.1) is 5.92 Å². The Balaban J connectivity index is 1.53. The number of hydrogen-bond donors (Lipinski definition) is 0. The van der Waals surface area contributed by atoms with E-state index in [1.807, 2.05) is 43.0 Å². The fraction of sp³-hybridized carbons (Fsp3) is 0.444. The predicted octanol–water partition coefficient (Wildman–Crippen LogP) is 3.21. The summed E-state index contributed by atoms with van der Waals surface area (Å²) >= 11 is 0. The molecule has 0 N–H and O–H groups in total. The van der Waals surface area contributed by atoms with Gasteiger partial charge in [-0.15, -0.1) is 0 Å². The molecule has 2 aliphatic rings. The van der Waals surface area contributed by atoms with Gasteiger partial charge in [0.2, 0.25) is 17.7 Å². The molecule has 0 saturated carbocycles. The Bertz CT molecular complexity index is 1010. The van der Waals surface area contributed by atoms with Gasteiger partial charge in [-0.1, -0.05) is 54.6 Å². The topological polar surface area (TPSA) is 60.9 Å². The number of carbonyl (C=O) groups is 3. The first-order chi connectivity index (χ1) is 16.0. The number of hydrogen-bond acceptors (Lipinski definition) is 3. The van der Waals surface area contributed by atoms with Gasteiger partial charge in [0.25, 0.3) is 0 Å². The van der Waals surface area contributed by atoms with Gasteiger partial charge >= 0.3 is 0 Å². The van der Waals surface area contributed by atoms with E-state index in [1.54, 1.807) is 9.80 Å². The van der Waals surface area contributed by atoms with Gasteiger partial charge in [-0.25, -0.2) is 0 Å². The monoisotopic (exact) mass is 447 g/mol. The fourth-order valence-corrected chi connectivity index (χ4v) is 4.98. The number of rotatable bonds is 6. The molecule has 4 rings (SSSR count). The van der Waals surface area contributed by atoms with Crippen LogP contribution in [0.15, 0.2) is 54.6 Å². The Labute approximate surface area is 196 Å². The molecule has 2 saturated heterocycles.